The number of rotatable bonds is 2. The standard InChI is InChI=1S/C12H14F3N3O/c1-7-2-11(17-10(16-7)4-12(13,14)15)18-5-9-3-8(18)6-19-9/h2,8-9H,3-6H2,1H3/t8-,9-/m0/s1. The van der Waals surface area contributed by atoms with E-state index in [2.05, 4.69) is 9.97 Å². The zero-order valence-electron chi connectivity index (χ0n) is 10.4. The summed E-state index contributed by atoms with van der Waals surface area (Å²) in [6, 6.07) is 1.97. The minimum absolute atomic E-state index is 0.161. The van der Waals surface area contributed by atoms with Crippen LogP contribution in [0.5, 0.6) is 0 Å². The summed E-state index contributed by atoms with van der Waals surface area (Å²) in [5.41, 5.74) is 0.563. The minimum Gasteiger partial charge on any atom is -0.374 e. The van der Waals surface area contributed by atoms with Gasteiger partial charge in [0.05, 0.1) is 18.8 Å². The smallest absolute Gasteiger partial charge is 0.374 e. The Kier molecular flexibility index (Phi) is 2.88. The average molecular weight is 273 g/mol. The molecule has 4 nitrogen and oxygen atoms in total. The zero-order chi connectivity index (χ0) is 13.6. The normalized spacial score (nSPS) is 26.2. The first-order chi connectivity index (χ1) is 8.90. The van der Waals surface area contributed by atoms with E-state index in [1.54, 1.807) is 13.0 Å². The molecule has 3 heterocycles. The van der Waals surface area contributed by atoms with Crippen molar-refractivity contribution in [3.63, 3.8) is 0 Å². The highest BCUT2D eigenvalue weighted by Crippen LogP contribution is 2.32. The van der Waals surface area contributed by atoms with Crippen molar-refractivity contribution >= 4 is 5.82 Å². The van der Waals surface area contributed by atoms with Gasteiger partial charge >= 0.3 is 6.18 Å². The Morgan fingerprint density at radius 1 is 1.42 bits per heavy atom. The van der Waals surface area contributed by atoms with Gasteiger partial charge in [0.15, 0.2) is 0 Å². The molecule has 2 atom stereocenters. The highest BCUT2D eigenvalue weighted by molar-refractivity contribution is 5.43. The molecule has 104 valence electrons. The lowest BCUT2D eigenvalue weighted by atomic mass is 10.2. The van der Waals surface area contributed by atoms with E-state index >= 15 is 0 Å². The number of aryl methyl sites for hydroxylation is 1. The number of ether oxygens (including phenoxy) is 1. The monoisotopic (exact) mass is 273 g/mol. The molecule has 0 aromatic carbocycles. The third kappa shape index (κ3) is 2.65. The van der Waals surface area contributed by atoms with Gasteiger partial charge in [-0.3, -0.25) is 0 Å². The molecule has 2 bridgehead atoms. The number of hydrogen-bond acceptors (Lipinski definition) is 4. The van der Waals surface area contributed by atoms with E-state index in [0.717, 1.165) is 6.42 Å². The number of fused-ring (bicyclic) bond motifs is 2. The van der Waals surface area contributed by atoms with Crippen molar-refractivity contribution in [2.45, 2.75) is 38.1 Å². The van der Waals surface area contributed by atoms with Crippen molar-refractivity contribution in [2.75, 3.05) is 18.1 Å². The molecule has 3 rings (SSSR count). The van der Waals surface area contributed by atoms with Gasteiger partial charge in [0.1, 0.15) is 18.1 Å². The fourth-order valence-electron chi connectivity index (χ4n) is 2.70. The van der Waals surface area contributed by atoms with Crippen LogP contribution < -0.4 is 4.90 Å². The molecule has 2 aliphatic heterocycles. The van der Waals surface area contributed by atoms with Crippen LogP contribution in [0.15, 0.2) is 6.07 Å². The third-order valence-corrected chi connectivity index (χ3v) is 3.44. The lowest BCUT2D eigenvalue weighted by Gasteiger charge is -2.28. The second kappa shape index (κ2) is 4.33. The van der Waals surface area contributed by atoms with Crippen molar-refractivity contribution < 1.29 is 17.9 Å². The molecule has 7 heteroatoms. The predicted octanol–water partition coefficient (Wildman–Crippen LogP) is 1.87. The van der Waals surface area contributed by atoms with Crippen LogP contribution >= 0.6 is 0 Å². The Balaban J connectivity index is 1.86. The van der Waals surface area contributed by atoms with Gasteiger partial charge in [-0.2, -0.15) is 13.2 Å². The first kappa shape index (κ1) is 12.7. The summed E-state index contributed by atoms with van der Waals surface area (Å²) >= 11 is 0. The average Bonchev–Trinajstić information content (AvgIpc) is 2.86. The molecule has 0 amide bonds. The van der Waals surface area contributed by atoms with E-state index in [4.69, 9.17) is 4.74 Å². The van der Waals surface area contributed by atoms with Crippen LogP contribution in [0.4, 0.5) is 19.0 Å². The number of morpholine rings is 1. The number of halogens is 3. The number of aromatic nitrogens is 2. The van der Waals surface area contributed by atoms with Gasteiger partial charge in [-0.05, 0) is 13.3 Å². The number of nitrogens with zero attached hydrogens (tertiary/aromatic N) is 3. The van der Waals surface area contributed by atoms with E-state index in [1.165, 1.54) is 0 Å². The van der Waals surface area contributed by atoms with Gasteiger partial charge in [-0.25, -0.2) is 9.97 Å². The van der Waals surface area contributed by atoms with Crippen molar-refractivity contribution in [3.8, 4) is 0 Å². The number of hydrogen-bond donors (Lipinski definition) is 0. The van der Waals surface area contributed by atoms with Crippen LogP contribution in [0.3, 0.4) is 0 Å². The molecule has 1 aromatic heterocycles. The molecule has 0 unspecified atom stereocenters. The molecule has 1 aromatic rings. The molecule has 0 saturated carbocycles. The van der Waals surface area contributed by atoms with Crippen LogP contribution in [-0.4, -0.2) is 41.4 Å². The molecule has 2 aliphatic rings. The van der Waals surface area contributed by atoms with Crippen molar-refractivity contribution in [2.24, 2.45) is 0 Å². The number of alkyl halides is 3. The largest absolute Gasteiger partial charge is 0.396 e. The van der Waals surface area contributed by atoms with Crippen LogP contribution in [0.1, 0.15) is 17.9 Å². The maximum absolute atomic E-state index is 12.4. The van der Waals surface area contributed by atoms with E-state index in [-0.39, 0.29) is 18.0 Å². The van der Waals surface area contributed by atoms with Gasteiger partial charge in [0, 0.05) is 18.3 Å². The Labute approximate surface area is 108 Å². The Hall–Kier alpha value is -1.37. The van der Waals surface area contributed by atoms with Gasteiger partial charge in [0.25, 0.3) is 0 Å². The van der Waals surface area contributed by atoms with Crippen molar-refractivity contribution in [3.05, 3.63) is 17.6 Å². The summed E-state index contributed by atoms with van der Waals surface area (Å²) in [6.07, 6.45) is -4.25. The molecule has 2 fully saturated rings. The van der Waals surface area contributed by atoms with Gasteiger partial charge in [-0.1, -0.05) is 0 Å². The predicted molar refractivity (Wildman–Crippen MR) is 62.0 cm³/mol. The van der Waals surface area contributed by atoms with Gasteiger partial charge in [0.2, 0.25) is 0 Å². The summed E-state index contributed by atoms with van der Waals surface area (Å²) in [5.74, 6) is 0.425. The van der Waals surface area contributed by atoms with E-state index in [0.29, 0.717) is 24.7 Å². The van der Waals surface area contributed by atoms with Crippen LogP contribution in [0, 0.1) is 6.92 Å². The fraction of sp³-hybridized carbons (Fsp3) is 0.667. The molecule has 0 radical (unpaired) electrons. The van der Waals surface area contributed by atoms with Crippen molar-refractivity contribution in [1.29, 1.82) is 0 Å². The van der Waals surface area contributed by atoms with Crippen LogP contribution in [-0.2, 0) is 11.2 Å². The Morgan fingerprint density at radius 3 is 2.79 bits per heavy atom. The highest BCUT2D eigenvalue weighted by atomic mass is 19.4. The lowest BCUT2D eigenvalue weighted by Crippen LogP contribution is -2.37. The molecule has 2 saturated heterocycles. The minimum atomic E-state index is -4.28. The lowest BCUT2D eigenvalue weighted by molar-refractivity contribution is -0.128. The van der Waals surface area contributed by atoms with Crippen LogP contribution in [0.25, 0.3) is 0 Å². The summed E-state index contributed by atoms with van der Waals surface area (Å²) in [7, 11) is 0. The Morgan fingerprint density at radius 2 is 2.21 bits per heavy atom. The summed E-state index contributed by atoms with van der Waals surface area (Å²) in [4.78, 5) is 9.95. The summed E-state index contributed by atoms with van der Waals surface area (Å²) in [6.45, 7) is 3.02. The SMILES string of the molecule is Cc1cc(N2C[C@@H]3C[C@H]2CO3)nc(CC(F)(F)F)n1. The number of anilines is 1. The molecule has 0 spiro atoms. The summed E-state index contributed by atoms with van der Waals surface area (Å²) in [5, 5.41) is 0. The molecule has 0 aliphatic carbocycles. The molecular formula is C12H14F3N3O. The van der Waals surface area contributed by atoms with E-state index in [1.807, 2.05) is 4.90 Å². The first-order valence-corrected chi connectivity index (χ1v) is 6.20. The quantitative estimate of drug-likeness (QED) is 0.824. The van der Waals surface area contributed by atoms with Gasteiger partial charge < -0.3 is 9.64 Å². The maximum Gasteiger partial charge on any atom is 0.396 e. The fourth-order valence-corrected chi connectivity index (χ4v) is 2.70. The summed E-state index contributed by atoms with van der Waals surface area (Å²) < 4.78 is 42.7. The zero-order valence-corrected chi connectivity index (χ0v) is 10.4. The Bertz CT molecular complexity index is 492. The topological polar surface area (TPSA) is 38.2 Å². The van der Waals surface area contributed by atoms with Gasteiger partial charge in [-0.15, -0.1) is 0 Å². The molecular weight excluding hydrogens is 259 g/mol. The van der Waals surface area contributed by atoms with Crippen molar-refractivity contribution in [1.82, 2.24) is 9.97 Å². The molecule has 19 heavy (non-hydrogen) atoms. The van der Waals surface area contributed by atoms with E-state index in [9.17, 15) is 13.2 Å². The highest BCUT2D eigenvalue weighted by Gasteiger charge is 2.40. The maximum atomic E-state index is 12.4. The van der Waals surface area contributed by atoms with E-state index < -0.39 is 12.6 Å². The third-order valence-electron chi connectivity index (χ3n) is 3.44. The first-order valence-electron chi connectivity index (χ1n) is 6.20. The molecule has 0 N–H and O–H groups in total. The van der Waals surface area contributed by atoms with Crippen LogP contribution in [0.2, 0.25) is 0 Å². The second-order valence-corrected chi connectivity index (χ2v) is 5.07. The second-order valence-electron chi connectivity index (χ2n) is 5.07.